The second-order valence-electron chi connectivity index (χ2n) is 6.04. The standard InChI is InChI=1S/C16H21N5O2S/c1-4-14(22)20-9-24-8-13(20)16(23)19-12-5-11-6-18-21(10(2)3)15(11)17-7-12/h5-7,10,13H,4,8-9H2,1-3H3,(H,19,23). The van der Waals surface area contributed by atoms with E-state index in [0.717, 1.165) is 11.0 Å². The summed E-state index contributed by atoms with van der Waals surface area (Å²) in [7, 11) is 0. The number of fused-ring (bicyclic) bond motifs is 1. The van der Waals surface area contributed by atoms with E-state index in [2.05, 4.69) is 15.4 Å². The fraction of sp³-hybridized carbons (Fsp3) is 0.500. The molecule has 0 spiro atoms. The Morgan fingerprint density at radius 1 is 1.42 bits per heavy atom. The van der Waals surface area contributed by atoms with Gasteiger partial charge in [-0.15, -0.1) is 11.8 Å². The maximum Gasteiger partial charge on any atom is 0.248 e. The highest BCUT2D eigenvalue weighted by molar-refractivity contribution is 7.99. The van der Waals surface area contributed by atoms with E-state index in [1.54, 1.807) is 29.1 Å². The second-order valence-corrected chi connectivity index (χ2v) is 7.04. The van der Waals surface area contributed by atoms with Gasteiger partial charge in [0.05, 0.1) is 24.0 Å². The number of carbonyl (C=O) groups excluding carboxylic acids is 2. The molecular formula is C16H21N5O2S. The largest absolute Gasteiger partial charge is 0.323 e. The number of hydrogen-bond donors (Lipinski definition) is 1. The van der Waals surface area contributed by atoms with Crippen LogP contribution in [-0.4, -0.2) is 49.2 Å². The van der Waals surface area contributed by atoms with Gasteiger partial charge in [-0.05, 0) is 19.9 Å². The highest BCUT2D eigenvalue weighted by Gasteiger charge is 2.33. The molecule has 2 aromatic rings. The molecule has 1 unspecified atom stereocenters. The maximum atomic E-state index is 12.5. The molecule has 1 atom stereocenters. The number of rotatable bonds is 4. The minimum atomic E-state index is -0.420. The van der Waals surface area contributed by atoms with Crippen molar-refractivity contribution in [2.45, 2.75) is 39.3 Å². The second kappa shape index (κ2) is 6.80. The van der Waals surface area contributed by atoms with Crippen LogP contribution in [0.3, 0.4) is 0 Å². The van der Waals surface area contributed by atoms with E-state index in [9.17, 15) is 9.59 Å². The summed E-state index contributed by atoms with van der Waals surface area (Å²) < 4.78 is 1.84. The number of nitrogens with one attached hydrogen (secondary N) is 1. The number of aromatic nitrogens is 3. The molecule has 1 saturated heterocycles. The Morgan fingerprint density at radius 3 is 2.92 bits per heavy atom. The first-order valence-corrected chi connectivity index (χ1v) is 9.18. The number of hydrogen-bond acceptors (Lipinski definition) is 5. The SMILES string of the molecule is CCC(=O)N1CSCC1C(=O)Nc1cnc2c(cnn2C(C)C)c1. The van der Waals surface area contributed by atoms with Crippen LogP contribution in [0.5, 0.6) is 0 Å². The predicted molar refractivity (Wildman–Crippen MR) is 94.8 cm³/mol. The van der Waals surface area contributed by atoms with Gasteiger partial charge in [0, 0.05) is 23.6 Å². The van der Waals surface area contributed by atoms with Crippen molar-refractivity contribution in [3.8, 4) is 0 Å². The third kappa shape index (κ3) is 3.10. The van der Waals surface area contributed by atoms with Crippen LogP contribution < -0.4 is 5.32 Å². The van der Waals surface area contributed by atoms with Crippen molar-refractivity contribution in [2.24, 2.45) is 0 Å². The third-order valence-electron chi connectivity index (χ3n) is 4.00. The number of thioether (sulfide) groups is 1. The van der Waals surface area contributed by atoms with Crippen LogP contribution in [0.2, 0.25) is 0 Å². The molecule has 7 nitrogen and oxygen atoms in total. The summed E-state index contributed by atoms with van der Waals surface area (Å²) in [6.07, 6.45) is 3.79. The lowest BCUT2D eigenvalue weighted by atomic mass is 10.2. The topological polar surface area (TPSA) is 80.1 Å². The zero-order chi connectivity index (χ0) is 17.3. The normalized spacial score (nSPS) is 17.7. The molecule has 1 aliphatic heterocycles. The lowest BCUT2D eigenvalue weighted by molar-refractivity contribution is -0.135. The molecule has 1 aliphatic rings. The predicted octanol–water partition coefficient (Wildman–Crippen LogP) is 2.26. The van der Waals surface area contributed by atoms with Crippen LogP contribution in [0.1, 0.15) is 33.2 Å². The zero-order valence-electron chi connectivity index (χ0n) is 14.0. The molecule has 0 aliphatic carbocycles. The Morgan fingerprint density at radius 2 is 2.21 bits per heavy atom. The van der Waals surface area contributed by atoms with E-state index in [1.165, 1.54) is 0 Å². The van der Waals surface area contributed by atoms with Crippen LogP contribution in [-0.2, 0) is 9.59 Å². The average molecular weight is 347 g/mol. The van der Waals surface area contributed by atoms with E-state index in [4.69, 9.17) is 0 Å². The van der Waals surface area contributed by atoms with E-state index < -0.39 is 6.04 Å². The summed E-state index contributed by atoms with van der Waals surface area (Å²) >= 11 is 1.60. The molecule has 0 bridgehead atoms. The highest BCUT2D eigenvalue weighted by atomic mass is 32.2. The maximum absolute atomic E-state index is 12.5. The first-order valence-electron chi connectivity index (χ1n) is 8.02. The minimum Gasteiger partial charge on any atom is -0.323 e. The molecular weight excluding hydrogens is 326 g/mol. The molecule has 0 saturated carbocycles. The van der Waals surface area contributed by atoms with Crippen LogP contribution in [0.15, 0.2) is 18.5 Å². The molecule has 3 rings (SSSR count). The van der Waals surface area contributed by atoms with E-state index in [-0.39, 0.29) is 17.9 Å². The molecule has 1 N–H and O–H groups in total. The van der Waals surface area contributed by atoms with Crippen molar-refractivity contribution >= 4 is 40.3 Å². The van der Waals surface area contributed by atoms with Crippen molar-refractivity contribution in [2.75, 3.05) is 16.9 Å². The molecule has 0 aromatic carbocycles. The van der Waals surface area contributed by atoms with Crippen molar-refractivity contribution in [1.82, 2.24) is 19.7 Å². The van der Waals surface area contributed by atoms with Gasteiger partial charge in [0.1, 0.15) is 6.04 Å². The quantitative estimate of drug-likeness (QED) is 0.918. The van der Waals surface area contributed by atoms with Crippen LogP contribution in [0, 0.1) is 0 Å². The number of carbonyl (C=O) groups is 2. The monoisotopic (exact) mass is 347 g/mol. The van der Waals surface area contributed by atoms with Gasteiger partial charge in [0.2, 0.25) is 11.8 Å². The van der Waals surface area contributed by atoms with Gasteiger partial charge in [0.15, 0.2) is 5.65 Å². The first-order chi connectivity index (χ1) is 11.5. The molecule has 2 amide bonds. The Labute approximate surface area is 144 Å². The smallest absolute Gasteiger partial charge is 0.248 e. The number of pyridine rings is 1. The average Bonchev–Trinajstić information content (AvgIpc) is 3.20. The van der Waals surface area contributed by atoms with E-state index in [1.807, 2.05) is 31.5 Å². The fourth-order valence-corrected chi connectivity index (χ4v) is 3.90. The van der Waals surface area contributed by atoms with Crippen molar-refractivity contribution in [3.63, 3.8) is 0 Å². The Bertz CT molecular complexity index is 773. The van der Waals surface area contributed by atoms with Crippen molar-refractivity contribution in [3.05, 3.63) is 18.5 Å². The van der Waals surface area contributed by atoms with Crippen molar-refractivity contribution in [1.29, 1.82) is 0 Å². The fourth-order valence-electron chi connectivity index (χ4n) is 2.72. The summed E-state index contributed by atoms with van der Waals surface area (Å²) in [5.41, 5.74) is 1.42. The molecule has 8 heteroatoms. The van der Waals surface area contributed by atoms with Gasteiger partial charge in [-0.2, -0.15) is 5.10 Å². The van der Waals surface area contributed by atoms with Gasteiger partial charge >= 0.3 is 0 Å². The molecule has 0 radical (unpaired) electrons. The number of amides is 2. The number of nitrogens with zero attached hydrogens (tertiary/aromatic N) is 4. The van der Waals surface area contributed by atoms with Gasteiger partial charge in [-0.3, -0.25) is 9.59 Å². The molecule has 24 heavy (non-hydrogen) atoms. The zero-order valence-corrected chi connectivity index (χ0v) is 14.8. The van der Waals surface area contributed by atoms with Gasteiger partial charge in [0.25, 0.3) is 0 Å². The summed E-state index contributed by atoms with van der Waals surface area (Å²) in [6, 6.07) is 1.66. The summed E-state index contributed by atoms with van der Waals surface area (Å²) in [5, 5.41) is 8.08. The van der Waals surface area contributed by atoms with E-state index >= 15 is 0 Å². The lowest BCUT2D eigenvalue weighted by Crippen LogP contribution is -2.44. The molecule has 128 valence electrons. The summed E-state index contributed by atoms with van der Waals surface area (Å²) in [6.45, 7) is 5.90. The molecule has 3 heterocycles. The minimum absolute atomic E-state index is 0.00642. The summed E-state index contributed by atoms with van der Waals surface area (Å²) in [5.74, 6) is 1.04. The number of anilines is 1. The van der Waals surface area contributed by atoms with E-state index in [0.29, 0.717) is 23.7 Å². The molecule has 1 fully saturated rings. The van der Waals surface area contributed by atoms with Gasteiger partial charge < -0.3 is 10.2 Å². The Kier molecular flexibility index (Phi) is 4.75. The van der Waals surface area contributed by atoms with Crippen LogP contribution in [0.25, 0.3) is 11.0 Å². The first kappa shape index (κ1) is 16.8. The lowest BCUT2D eigenvalue weighted by Gasteiger charge is -2.22. The Hall–Kier alpha value is -2.09. The van der Waals surface area contributed by atoms with Crippen molar-refractivity contribution < 1.29 is 9.59 Å². The summed E-state index contributed by atoms with van der Waals surface area (Å²) in [4.78, 5) is 30.5. The Balaban J connectivity index is 1.77. The molecule has 2 aromatic heterocycles. The van der Waals surface area contributed by atoms with Crippen LogP contribution in [0.4, 0.5) is 5.69 Å². The highest BCUT2D eigenvalue weighted by Crippen LogP contribution is 2.24. The van der Waals surface area contributed by atoms with Crippen LogP contribution >= 0.6 is 11.8 Å². The van der Waals surface area contributed by atoms with Gasteiger partial charge in [-0.25, -0.2) is 9.67 Å². The van der Waals surface area contributed by atoms with Gasteiger partial charge in [-0.1, -0.05) is 6.92 Å². The third-order valence-corrected chi connectivity index (χ3v) is 5.01.